The molecule has 3 amide bonds. The van der Waals surface area contributed by atoms with Gasteiger partial charge in [-0.1, -0.05) is 29.5 Å². The van der Waals surface area contributed by atoms with Gasteiger partial charge in [-0.3, -0.25) is 10.1 Å². The predicted octanol–water partition coefficient (Wildman–Crippen LogP) is 4.81. The van der Waals surface area contributed by atoms with E-state index in [1.807, 2.05) is 0 Å². The average Bonchev–Trinajstić information content (AvgIpc) is 3.60. The van der Waals surface area contributed by atoms with E-state index in [1.54, 1.807) is 25.1 Å². The molecule has 0 saturated carbocycles. The van der Waals surface area contributed by atoms with Crippen LogP contribution in [0.2, 0.25) is 0 Å². The third kappa shape index (κ3) is 4.85. The van der Waals surface area contributed by atoms with E-state index >= 15 is 0 Å². The number of fused-ring (bicyclic) bond motifs is 1. The summed E-state index contributed by atoms with van der Waals surface area (Å²) in [4.78, 5) is 30.5. The first-order valence-corrected chi connectivity index (χ1v) is 14.0. The number of amides is 3. The van der Waals surface area contributed by atoms with Crippen LogP contribution in [-0.2, 0) is 21.0 Å². The van der Waals surface area contributed by atoms with E-state index in [2.05, 4.69) is 10.3 Å². The fourth-order valence-electron chi connectivity index (χ4n) is 4.64. The van der Waals surface area contributed by atoms with Gasteiger partial charge in [0.1, 0.15) is 6.04 Å². The molecule has 1 saturated heterocycles. The summed E-state index contributed by atoms with van der Waals surface area (Å²) in [5.74, 6) is -0.618. The van der Waals surface area contributed by atoms with Crippen LogP contribution in [0.15, 0.2) is 59.5 Å². The second-order valence-electron chi connectivity index (χ2n) is 9.00. The topological polar surface area (TPSA) is 127 Å². The minimum atomic E-state index is -4.62. The smallest absolute Gasteiger partial charge is 0.368 e. The highest BCUT2D eigenvalue weighted by molar-refractivity contribution is 7.90. The Balaban J connectivity index is 1.62. The lowest BCUT2D eigenvalue weighted by atomic mass is 10.1. The summed E-state index contributed by atoms with van der Waals surface area (Å²) in [5.41, 5.74) is 4.99. The van der Waals surface area contributed by atoms with Crippen LogP contribution in [0.5, 0.6) is 0 Å². The number of halogens is 3. The molecule has 2 aromatic carbocycles. The number of carbonyl (C=O) groups is 2. The quantitative estimate of drug-likeness (QED) is 0.352. The fraction of sp³-hybridized carbons (Fsp3) is 0.240. The molecule has 0 aliphatic carbocycles. The molecule has 0 bridgehead atoms. The van der Waals surface area contributed by atoms with E-state index in [0.717, 1.165) is 33.5 Å². The molecule has 1 aliphatic heterocycles. The summed E-state index contributed by atoms with van der Waals surface area (Å²) >= 11 is 0.966. The zero-order valence-electron chi connectivity index (χ0n) is 20.4. The van der Waals surface area contributed by atoms with E-state index in [1.165, 1.54) is 23.1 Å². The molecule has 4 aromatic rings. The number of nitrogens with zero attached hydrogens (tertiary/aromatic N) is 3. The Kier molecular flexibility index (Phi) is 6.63. The summed E-state index contributed by atoms with van der Waals surface area (Å²) in [5, 5.41) is 2.83. The highest BCUT2D eigenvalue weighted by Gasteiger charge is 2.34. The van der Waals surface area contributed by atoms with Crippen molar-refractivity contribution in [1.82, 2.24) is 13.9 Å². The van der Waals surface area contributed by atoms with Gasteiger partial charge in [-0.05, 0) is 56.2 Å². The first-order chi connectivity index (χ1) is 18.4. The van der Waals surface area contributed by atoms with E-state index in [9.17, 15) is 31.2 Å². The van der Waals surface area contributed by atoms with Gasteiger partial charge in [0.15, 0.2) is 5.13 Å². The van der Waals surface area contributed by atoms with Crippen LogP contribution in [0.4, 0.5) is 23.1 Å². The van der Waals surface area contributed by atoms with Crippen LogP contribution in [0, 0.1) is 6.92 Å². The van der Waals surface area contributed by atoms with Crippen LogP contribution >= 0.6 is 11.3 Å². The maximum Gasteiger partial charge on any atom is 0.416 e. The second kappa shape index (κ2) is 9.68. The number of likely N-dealkylation sites (tertiary alicyclic amines) is 1. The highest BCUT2D eigenvalue weighted by Crippen LogP contribution is 2.40. The summed E-state index contributed by atoms with van der Waals surface area (Å²) in [6, 6.07) is 10.4. The number of benzene rings is 2. The normalized spacial score (nSPS) is 16.1. The zero-order valence-corrected chi connectivity index (χ0v) is 22.0. The Morgan fingerprint density at radius 2 is 1.85 bits per heavy atom. The first-order valence-electron chi connectivity index (χ1n) is 11.8. The molecule has 204 valence electrons. The number of carbonyl (C=O) groups excluding carboxylic acids is 2. The number of nitrogens with one attached hydrogen (secondary N) is 1. The van der Waals surface area contributed by atoms with Crippen molar-refractivity contribution in [2.75, 3.05) is 11.9 Å². The lowest BCUT2D eigenvalue weighted by Crippen LogP contribution is -2.45. The Bertz CT molecular complexity index is 1700. The third-order valence-corrected chi connectivity index (χ3v) is 9.29. The predicted molar refractivity (Wildman–Crippen MR) is 140 cm³/mol. The van der Waals surface area contributed by atoms with E-state index in [0.29, 0.717) is 30.0 Å². The molecule has 0 spiro atoms. The monoisotopic (exact) mass is 577 g/mol. The molecule has 3 heterocycles. The van der Waals surface area contributed by atoms with Gasteiger partial charge in [-0.2, -0.15) is 13.2 Å². The Hall–Kier alpha value is -3.91. The largest absolute Gasteiger partial charge is 0.416 e. The van der Waals surface area contributed by atoms with Gasteiger partial charge in [-0.15, -0.1) is 0 Å². The number of alkyl halides is 3. The molecule has 5 rings (SSSR count). The number of nitrogens with two attached hydrogens (primary N) is 1. The van der Waals surface area contributed by atoms with Crippen molar-refractivity contribution in [1.29, 1.82) is 0 Å². The number of primary amides is 1. The maximum absolute atomic E-state index is 13.8. The molecule has 14 heteroatoms. The molecular formula is C25H22F3N5O4S2. The van der Waals surface area contributed by atoms with Crippen LogP contribution in [-0.4, -0.2) is 46.8 Å². The first kappa shape index (κ1) is 26.7. The minimum absolute atomic E-state index is 0.0501. The van der Waals surface area contributed by atoms with Gasteiger partial charge in [0.25, 0.3) is 10.0 Å². The van der Waals surface area contributed by atoms with Gasteiger partial charge >= 0.3 is 12.2 Å². The van der Waals surface area contributed by atoms with Crippen LogP contribution in [0.3, 0.4) is 0 Å². The minimum Gasteiger partial charge on any atom is -0.368 e. The molecular weight excluding hydrogens is 555 g/mol. The zero-order chi connectivity index (χ0) is 28.1. The van der Waals surface area contributed by atoms with Crippen molar-refractivity contribution in [3.8, 4) is 10.6 Å². The highest BCUT2D eigenvalue weighted by atomic mass is 32.2. The van der Waals surface area contributed by atoms with Gasteiger partial charge in [-0.25, -0.2) is 22.2 Å². The number of aromatic nitrogens is 2. The van der Waals surface area contributed by atoms with Crippen LogP contribution in [0.1, 0.15) is 24.1 Å². The molecule has 3 N–H and O–H groups in total. The van der Waals surface area contributed by atoms with Crippen molar-refractivity contribution in [3.63, 3.8) is 0 Å². The molecule has 2 aromatic heterocycles. The molecule has 1 fully saturated rings. The Morgan fingerprint density at radius 3 is 2.51 bits per heavy atom. The van der Waals surface area contributed by atoms with Crippen molar-refractivity contribution < 1.29 is 31.2 Å². The van der Waals surface area contributed by atoms with Crippen molar-refractivity contribution in [3.05, 3.63) is 65.9 Å². The Labute approximate surface area is 225 Å². The van der Waals surface area contributed by atoms with E-state index in [-0.39, 0.29) is 26.6 Å². The third-order valence-electron chi connectivity index (χ3n) is 6.45. The number of thiazole rings is 1. The number of rotatable bonds is 5. The SMILES string of the molecule is Cc1nc(NC(=O)N2CCC[C@H]2C(N)=O)sc1-c1cc2cc(C(F)(F)F)ccc2n1S(=O)(=O)c1ccccc1. The van der Waals surface area contributed by atoms with Gasteiger partial charge in [0, 0.05) is 11.9 Å². The van der Waals surface area contributed by atoms with Gasteiger partial charge in [0.05, 0.1) is 32.2 Å². The van der Waals surface area contributed by atoms with Crippen molar-refractivity contribution >= 4 is 49.3 Å². The summed E-state index contributed by atoms with van der Waals surface area (Å²) < 4.78 is 68.8. The Morgan fingerprint density at radius 1 is 1.13 bits per heavy atom. The molecule has 9 nitrogen and oxygen atoms in total. The summed E-state index contributed by atoms with van der Waals surface area (Å²) in [6.45, 7) is 1.93. The van der Waals surface area contributed by atoms with E-state index in [4.69, 9.17) is 5.73 Å². The van der Waals surface area contributed by atoms with Crippen LogP contribution < -0.4 is 11.1 Å². The number of urea groups is 1. The van der Waals surface area contributed by atoms with Crippen LogP contribution in [0.25, 0.3) is 21.5 Å². The second-order valence-corrected chi connectivity index (χ2v) is 11.8. The molecule has 39 heavy (non-hydrogen) atoms. The number of hydrogen-bond acceptors (Lipinski definition) is 6. The summed E-state index contributed by atoms with van der Waals surface area (Å²) in [7, 11) is -4.24. The standard InChI is InChI=1S/C25H22F3N5O4S2/c1-14-21(38-23(30-14)31-24(35)32-11-5-8-19(32)22(29)34)20-13-15-12-16(25(26,27)28)9-10-18(15)33(20)39(36,37)17-6-3-2-4-7-17/h2-4,6-7,9-10,12-13,19H,5,8,11H2,1H3,(H2,29,34)(H,30,31,35)/t19-/m0/s1. The molecule has 0 unspecified atom stereocenters. The van der Waals surface area contributed by atoms with Crippen molar-refractivity contribution in [2.24, 2.45) is 5.73 Å². The molecule has 1 aliphatic rings. The maximum atomic E-state index is 13.8. The number of anilines is 1. The van der Waals surface area contributed by atoms with Gasteiger partial charge in [0.2, 0.25) is 5.91 Å². The summed E-state index contributed by atoms with van der Waals surface area (Å²) in [6.07, 6.45) is -3.56. The van der Waals surface area contributed by atoms with Gasteiger partial charge < -0.3 is 10.6 Å². The lowest BCUT2D eigenvalue weighted by molar-refractivity contribution is -0.137. The van der Waals surface area contributed by atoms with Crippen molar-refractivity contribution in [2.45, 2.75) is 36.9 Å². The number of hydrogen-bond donors (Lipinski definition) is 2. The molecule has 1 atom stereocenters. The van der Waals surface area contributed by atoms with E-state index < -0.39 is 39.7 Å². The average molecular weight is 578 g/mol. The lowest BCUT2D eigenvalue weighted by Gasteiger charge is -2.21. The fourth-order valence-corrected chi connectivity index (χ4v) is 7.20. The number of aryl methyl sites for hydroxylation is 1. The molecule has 0 radical (unpaired) electrons.